The van der Waals surface area contributed by atoms with E-state index in [1.54, 1.807) is 36.9 Å². The number of pyridine rings is 2. The van der Waals surface area contributed by atoms with E-state index in [0.717, 1.165) is 29.8 Å². The number of hydrogen-bond acceptors (Lipinski definition) is 3. The van der Waals surface area contributed by atoms with E-state index in [9.17, 15) is 4.79 Å². The summed E-state index contributed by atoms with van der Waals surface area (Å²) in [6, 6.07) is 13.8. The van der Waals surface area contributed by atoms with E-state index < -0.39 is 0 Å². The highest BCUT2D eigenvalue weighted by molar-refractivity contribution is 6.07. The number of benzene rings is 1. The lowest BCUT2D eigenvalue weighted by atomic mass is 10.0. The molecule has 0 unspecified atom stereocenters. The number of hydrogen-bond donors (Lipinski definition) is 0. The number of fused-ring (bicyclic) bond motifs is 1. The molecule has 1 aliphatic heterocycles. The zero-order valence-electron chi connectivity index (χ0n) is 12.5. The first-order chi connectivity index (χ1) is 11.3. The van der Waals surface area contributed by atoms with Gasteiger partial charge in [-0.25, -0.2) is 0 Å². The molecule has 2 aromatic heterocycles. The molecule has 0 saturated carbocycles. The molecule has 0 radical (unpaired) electrons. The Bertz CT molecular complexity index is 847. The third-order valence-electron chi connectivity index (χ3n) is 4.16. The maximum absolute atomic E-state index is 12.7. The first-order valence-corrected chi connectivity index (χ1v) is 7.58. The van der Waals surface area contributed by atoms with Gasteiger partial charge in [0.05, 0.1) is 0 Å². The molecule has 23 heavy (non-hydrogen) atoms. The number of aromatic nitrogens is 2. The molecule has 0 aliphatic carbocycles. The summed E-state index contributed by atoms with van der Waals surface area (Å²) in [7, 11) is 0. The van der Waals surface area contributed by atoms with Gasteiger partial charge in [0.25, 0.3) is 5.91 Å². The van der Waals surface area contributed by atoms with Crippen LogP contribution in [0, 0.1) is 0 Å². The van der Waals surface area contributed by atoms with Crippen LogP contribution in [-0.2, 0) is 6.42 Å². The van der Waals surface area contributed by atoms with E-state index in [1.807, 2.05) is 23.1 Å². The summed E-state index contributed by atoms with van der Waals surface area (Å²) in [4.78, 5) is 22.5. The first-order valence-electron chi connectivity index (χ1n) is 7.58. The van der Waals surface area contributed by atoms with Gasteiger partial charge in [-0.15, -0.1) is 0 Å². The van der Waals surface area contributed by atoms with Gasteiger partial charge in [0, 0.05) is 42.6 Å². The van der Waals surface area contributed by atoms with Gasteiger partial charge in [-0.3, -0.25) is 14.8 Å². The third kappa shape index (κ3) is 2.48. The second kappa shape index (κ2) is 5.65. The highest BCUT2D eigenvalue weighted by atomic mass is 16.2. The monoisotopic (exact) mass is 301 g/mol. The Balaban J connectivity index is 1.67. The van der Waals surface area contributed by atoms with Gasteiger partial charge in [0.1, 0.15) is 0 Å². The van der Waals surface area contributed by atoms with E-state index in [-0.39, 0.29) is 5.91 Å². The second-order valence-corrected chi connectivity index (χ2v) is 5.52. The van der Waals surface area contributed by atoms with Crippen LogP contribution < -0.4 is 4.90 Å². The number of nitrogens with zero attached hydrogens (tertiary/aromatic N) is 3. The summed E-state index contributed by atoms with van der Waals surface area (Å²) < 4.78 is 0. The summed E-state index contributed by atoms with van der Waals surface area (Å²) in [6.45, 7) is 0.719. The minimum atomic E-state index is 0.0304. The second-order valence-electron chi connectivity index (χ2n) is 5.52. The van der Waals surface area contributed by atoms with Crippen LogP contribution in [0.1, 0.15) is 15.9 Å². The van der Waals surface area contributed by atoms with Crippen molar-refractivity contribution in [2.24, 2.45) is 0 Å². The quantitative estimate of drug-likeness (QED) is 0.729. The van der Waals surface area contributed by atoms with Gasteiger partial charge in [0.2, 0.25) is 0 Å². The first kappa shape index (κ1) is 13.6. The predicted octanol–water partition coefficient (Wildman–Crippen LogP) is 3.35. The SMILES string of the molecule is O=C(c1ccncc1)N1CCc2cc(-c3ccncc3)ccc21. The van der Waals surface area contributed by atoms with Crippen LogP contribution in [-0.4, -0.2) is 22.4 Å². The lowest BCUT2D eigenvalue weighted by Crippen LogP contribution is -2.28. The summed E-state index contributed by atoms with van der Waals surface area (Å²) in [5.74, 6) is 0.0304. The number of rotatable bonds is 2. The molecule has 1 amide bonds. The van der Waals surface area contributed by atoms with Crippen LogP contribution in [0.15, 0.2) is 67.3 Å². The minimum absolute atomic E-state index is 0.0304. The number of anilines is 1. The smallest absolute Gasteiger partial charge is 0.258 e. The van der Waals surface area contributed by atoms with Crippen molar-refractivity contribution < 1.29 is 4.79 Å². The van der Waals surface area contributed by atoms with Crippen molar-refractivity contribution >= 4 is 11.6 Å². The number of amides is 1. The van der Waals surface area contributed by atoms with Crippen molar-refractivity contribution in [1.29, 1.82) is 0 Å². The molecule has 112 valence electrons. The average Bonchev–Trinajstić information content (AvgIpc) is 3.05. The van der Waals surface area contributed by atoms with E-state index in [2.05, 4.69) is 22.1 Å². The molecule has 0 spiro atoms. The van der Waals surface area contributed by atoms with E-state index in [0.29, 0.717) is 5.56 Å². The molecule has 0 atom stereocenters. The Hall–Kier alpha value is -3.01. The van der Waals surface area contributed by atoms with Gasteiger partial charge in [-0.1, -0.05) is 6.07 Å². The minimum Gasteiger partial charge on any atom is -0.308 e. The van der Waals surface area contributed by atoms with Crippen molar-refractivity contribution in [3.63, 3.8) is 0 Å². The Morgan fingerprint density at radius 1 is 0.870 bits per heavy atom. The summed E-state index contributed by atoms with van der Waals surface area (Å²) in [6.07, 6.45) is 7.77. The van der Waals surface area contributed by atoms with Crippen LogP contribution in [0.4, 0.5) is 5.69 Å². The third-order valence-corrected chi connectivity index (χ3v) is 4.16. The topological polar surface area (TPSA) is 46.1 Å². The van der Waals surface area contributed by atoms with Crippen molar-refractivity contribution in [2.75, 3.05) is 11.4 Å². The lowest BCUT2D eigenvalue weighted by molar-refractivity contribution is 0.0989. The fraction of sp³-hybridized carbons (Fsp3) is 0.105. The Morgan fingerprint density at radius 3 is 2.30 bits per heavy atom. The van der Waals surface area contributed by atoms with E-state index in [1.165, 1.54) is 5.56 Å². The molecule has 1 aromatic carbocycles. The molecule has 4 rings (SSSR count). The lowest BCUT2D eigenvalue weighted by Gasteiger charge is -2.17. The fourth-order valence-electron chi connectivity index (χ4n) is 2.99. The Kier molecular flexibility index (Phi) is 3.35. The molecule has 4 nitrogen and oxygen atoms in total. The maximum atomic E-state index is 12.7. The highest BCUT2D eigenvalue weighted by Crippen LogP contribution is 2.33. The van der Waals surface area contributed by atoms with Crippen molar-refractivity contribution in [2.45, 2.75) is 6.42 Å². The molecule has 0 fully saturated rings. The van der Waals surface area contributed by atoms with Gasteiger partial charge in [-0.05, 0) is 59.5 Å². The largest absolute Gasteiger partial charge is 0.308 e. The normalized spacial score (nSPS) is 13.0. The molecular weight excluding hydrogens is 286 g/mol. The predicted molar refractivity (Wildman–Crippen MR) is 89.3 cm³/mol. The van der Waals surface area contributed by atoms with Crippen molar-refractivity contribution in [3.05, 3.63) is 78.4 Å². The number of carbonyl (C=O) groups is 1. The molecule has 3 aromatic rings. The van der Waals surface area contributed by atoms with Crippen LogP contribution in [0.3, 0.4) is 0 Å². The van der Waals surface area contributed by atoms with Crippen molar-refractivity contribution in [1.82, 2.24) is 9.97 Å². The van der Waals surface area contributed by atoms with Gasteiger partial charge >= 0.3 is 0 Å². The zero-order valence-corrected chi connectivity index (χ0v) is 12.5. The van der Waals surface area contributed by atoms with Crippen LogP contribution in [0.25, 0.3) is 11.1 Å². The van der Waals surface area contributed by atoms with Crippen LogP contribution >= 0.6 is 0 Å². The summed E-state index contributed by atoms with van der Waals surface area (Å²) in [5.41, 5.74) is 5.18. The molecule has 0 saturated heterocycles. The fourth-order valence-corrected chi connectivity index (χ4v) is 2.99. The van der Waals surface area contributed by atoms with Gasteiger partial charge in [0.15, 0.2) is 0 Å². The Morgan fingerprint density at radius 2 is 1.57 bits per heavy atom. The maximum Gasteiger partial charge on any atom is 0.258 e. The standard InChI is InChI=1S/C19H15N3O/c23-19(15-5-10-21-11-6-15)22-12-7-17-13-16(1-2-18(17)22)14-3-8-20-9-4-14/h1-6,8-11,13H,7,12H2. The number of carbonyl (C=O) groups excluding carboxylic acids is 1. The molecular formula is C19H15N3O. The van der Waals surface area contributed by atoms with Gasteiger partial charge in [-0.2, -0.15) is 0 Å². The Labute approximate surface area is 134 Å². The summed E-state index contributed by atoms with van der Waals surface area (Å²) >= 11 is 0. The summed E-state index contributed by atoms with van der Waals surface area (Å²) in [5, 5.41) is 0. The van der Waals surface area contributed by atoms with Crippen LogP contribution in [0.5, 0.6) is 0 Å². The zero-order chi connectivity index (χ0) is 15.6. The average molecular weight is 301 g/mol. The van der Waals surface area contributed by atoms with Crippen LogP contribution in [0.2, 0.25) is 0 Å². The van der Waals surface area contributed by atoms with Crippen molar-refractivity contribution in [3.8, 4) is 11.1 Å². The molecule has 1 aliphatic rings. The highest BCUT2D eigenvalue weighted by Gasteiger charge is 2.25. The molecule has 3 heterocycles. The van der Waals surface area contributed by atoms with E-state index >= 15 is 0 Å². The molecule has 0 bridgehead atoms. The van der Waals surface area contributed by atoms with Gasteiger partial charge < -0.3 is 4.90 Å². The van der Waals surface area contributed by atoms with E-state index in [4.69, 9.17) is 0 Å². The molecule has 0 N–H and O–H groups in total. The molecule has 4 heteroatoms.